The normalized spacial score (nSPS) is 16.6. The molecular formula is C20H26N2. The zero-order valence-corrected chi connectivity index (χ0v) is 13.5. The molecule has 2 nitrogen and oxygen atoms in total. The van der Waals surface area contributed by atoms with E-state index in [0.717, 1.165) is 6.42 Å². The van der Waals surface area contributed by atoms with Crippen LogP contribution in [0.3, 0.4) is 0 Å². The predicted octanol–water partition coefficient (Wildman–Crippen LogP) is 4.11. The van der Waals surface area contributed by atoms with E-state index in [4.69, 9.17) is 0 Å². The third-order valence-corrected chi connectivity index (χ3v) is 4.65. The summed E-state index contributed by atoms with van der Waals surface area (Å²) in [6.45, 7) is 5.77. The maximum atomic E-state index is 3.72. The van der Waals surface area contributed by atoms with Crippen LogP contribution in [0, 0.1) is 6.92 Å². The summed E-state index contributed by atoms with van der Waals surface area (Å²) >= 11 is 0. The number of rotatable bonds is 5. The molecular weight excluding hydrogens is 268 g/mol. The third-order valence-electron chi connectivity index (χ3n) is 4.65. The van der Waals surface area contributed by atoms with Gasteiger partial charge >= 0.3 is 0 Å². The number of anilines is 1. The van der Waals surface area contributed by atoms with Gasteiger partial charge in [0.15, 0.2) is 0 Å². The first-order valence-corrected chi connectivity index (χ1v) is 8.40. The molecule has 0 aliphatic carbocycles. The summed E-state index contributed by atoms with van der Waals surface area (Å²) in [5, 5.41) is 3.72. The van der Waals surface area contributed by atoms with Crippen LogP contribution in [0.2, 0.25) is 0 Å². The Kier molecular flexibility index (Phi) is 5.12. The molecule has 1 fully saturated rings. The minimum Gasteiger partial charge on any atom is -0.382 e. The molecule has 1 heterocycles. The van der Waals surface area contributed by atoms with E-state index < -0.39 is 0 Å². The van der Waals surface area contributed by atoms with Crippen LogP contribution in [0.4, 0.5) is 5.69 Å². The second kappa shape index (κ2) is 7.46. The van der Waals surface area contributed by atoms with Crippen molar-refractivity contribution in [1.82, 2.24) is 4.90 Å². The highest BCUT2D eigenvalue weighted by Gasteiger charge is 2.19. The number of likely N-dealkylation sites (tertiary alicyclic amines) is 1. The number of hydrogen-bond acceptors (Lipinski definition) is 2. The molecule has 0 unspecified atom stereocenters. The lowest BCUT2D eigenvalue weighted by atomic mass is 10.0. The zero-order chi connectivity index (χ0) is 15.2. The van der Waals surface area contributed by atoms with Gasteiger partial charge < -0.3 is 10.2 Å². The molecule has 0 aromatic heterocycles. The highest BCUT2D eigenvalue weighted by molar-refractivity contribution is 5.50. The summed E-state index contributed by atoms with van der Waals surface area (Å²) in [4.78, 5) is 2.60. The molecule has 2 aromatic carbocycles. The molecule has 1 saturated heterocycles. The summed E-state index contributed by atoms with van der Waals surface area (Å²) in [7, 11) is 0. The molecule has 0 atom stereocenters. The van der Waals surface area contributed by atoms with Gasteiger partial charge in [-0.25, -0.2) is 0 Å². The van der Waals surface area contributed by atoms with Crippen LogP contribution in [0.1, 0.15) is 24.0 Å². The number of hydrogen-bond donors (Lipinski definition) is 1. The highest BCUT2D eigenvalue weighted by atomic mass is 15.1. The molecule has 22 heavy (non-hydrogen) atoms. The van der Waals surface area contributed by atoms with Gasteiger partial charge in [-0.2, -0.15) is 0 Å². The molecule has 0 bridgehead atoms. The fourth-order valence-electron chi connectivity index (χ4n) is 3.19. The topological polar surface area (TPSA) is 15.3 Å². The lowest BCUT2D eigenvalue weighted by Crippen LogP contribution is -2.40. The van der Waals surface area contributed by atoms with E-state index in [-0.39, 0.29) is 0 Å². The Hall–Kier alpha value is -1.80. The van der Waals surface area contributed by atoms with E-state index in [0.29, 0.717) is 6.04 Å². The van der Waals surface area contributed by atoms with Crippen LogP contribution in [0.5, 0.6) is 0 Å². The summed E-state index contributed by atoms with van der Waals surface area (Å²) < 4.78 is 0. The molecule has 3 rings (SSSR count). The Bertz CT molecular complexity index is 571. The predicted molar refractivity (Wildman–Crippen MR) is 94.4 cm³/mol. The van der Waals surface area contributed by atoms with Crippen LogP contribution in [-0.4, -0.2) is 30.6 Å². The van der Waals surface area contributed by atoms with E-state index in [1.54, 1.807) is 0 Å². The SMILES string of the molecule is Cc1ccccc1NC1CCN(CCc2ccccc2)CC1. The molecule has 0 amide bonds. The minimum atomic E-state index is 0.620. The van der Waals surface area contributed by atoms with E-state index in [9.17, 15) is 0 Å². The Morgan fingerprint density at radius 2 is 1.64 bits per heavy atom. The van der Waals surface area contributed by atoms with Crippen LogP contribution >= 0.6 is 0 Å². The summed E-state index contributed by atoms with van der Waals surface area (Å²) in [5.41, 5.74) is 4.09. The lowest BCUT2D eigenvalue weighted by molar-refractivity contribution is 0.221. The Labute approximate surface area is 134 Å². The van der Waals surface area contributed by atoms with Gasteiger partial charge in [-0.1, -0.05) is 48.5 Å². The Morgan fingerprint density at radius 3 is 2.36 bits per heavy atom. The van der Waals surface area contributed by atoms with E-state index in [2.05, 4.69) is 71.7 Å². The van der Waals surface area contributed by atoms with Crippen LogP contribution < -0.4 is 5.32 Å². The maximum absolute atomic E-state index is 3.72. The van der Waals surface area contributed by atoms with Crippen molar-refractivity contribution in [1.29, 1.82) is 0 Å². The van der Waals surface area contributed by atoms with Crippen molar-refractivity contribution < 1.29 is 0 Å². The van der Waals surface area contributed by atoms with Crippen molar-refractivity contribution in [2.24, 2.45) is 0 Å². The maximum Gasteiger partial charge on any atom is 0.0372 e. The molecule has 0 spiro atoms. The summed E-state index contributed by atoms with van der Waals surface area (Å²) in [5.74, 6) is 0. The fraction of sp³-hybridized carbons (Fsp3) is 0.400. The van der Waals surface area contributed by atoms with Gasteiger partial charge in [-0.15, -0.1) is 0 Å². The van der Waals surface area contributed by atoms with Gasteiger partial charge in [0.2, 0.25) is 0 Å². The second-order valence-electron chi connectivity index (χ2n) is 6.31. The second-order valence-corrected chi connectivity index (χ2v) is 6.31. The first-order chi connectivity index (χ1) is 10.8. The van der Waals surface area contributed by atoms with Gasteiger partial charge in [0.1, 0.15) is 0 Å². The summed E-state index contributed by atoms with van der Waals surface area (Å²) in [6, 6.07) is 20.0. The average molecular weight is 294 g/mol. The summed E-state index contributed by atoms with van der Waals surface area (Å²) in [6.07, 6.45) is 3.64. The molecule has 1 aliphatic rings. The number of nitrogens with zero attached hydrogens (tertiary/aromatic N) is 1. The van der Waals surface area contributed by atoms with Crippen LogP contribution in [0.15, 0.2) is 54.6 Å². The third kappa shape index (κ3) is 4.11. The highest BCUT2D eigenvalue weighted by Crippen LogP contribution is 2.19. The number of aryl methyl sites for hydroxylation is 1. The standard InChI is InChI=1S/C20H26N2/c1-17-7-5-6-10-20(17)21-19-12-15-22(16-13-19)14-11-18-8-3-2-4-9-18/h2-10,19,21H,11-16H2,1H3. The molecule has 1 N–H and O–H groups in total. The quantitative estimate of drug-likeness (QED) is 0.892. The Morgan fingerprint density at radius 1 is 0.955 bits per heavy atom. The first kappa shape index (κ1) is 15.1. The molecule has 2 heteroatoms. The Balaban J connectivity index is 1.44. The number of benzene rings is 2. The molecule has 0 saturated carbocycles. The van der Waals surface area contributed by atoms with Crippen molar-refractivity contribution in [3.8, 4) is 0 Å². The van der Waals surface area contributed by atoms with Crippen molar-refractivity contribution in [3.63, 3.8) is 0 Å². The van der Waals surface area contributed by atoms with E-state index >= 15 is 0 Å². The number of nitrogens with one attached hydrogen (secondary N) is 1. The molecule has 0 radical (unpaired) electrons. The van der Waals surface area contributed by atoms with Crippen molar-refractivity contribution in [2.45, 2.75) is 32.2 Å². The van der Waals surface area contributed by atoms with Gasteiger partial charge in [-0.3, -0.25) is 0 Å². The van der Waals surface area contributed by atoms with Crippen LogP contribution in [-0.2, 0) is 6.42 Å². The largest absolute Gasteiger partial charge is 0.382 e. The van der Waals surface area contributed by atoms with Gasteiger partial charge in [-0.05, 0) is 43.4 Å². The number of para-hydroxylation sites is 1. The molecule has 1 aliphatic heterocycles. The van der Waals surface area contributed by atoms with Crippen molar-refractivity contribution in [3.05, 3.63) is 65.7 Å². The zero-order valence-electron chi connectivity index (χ0n) is 13.5. The lowest BCUT2D eigenvalue weighted by Gasteiger charge is -2.33. The van der Waals surface area contributed by atoms with E-state index in [1.165, 1.54) is 49.3 Å². The van der Waals surface area contributed by atoms with Crippen molar-refractivity contribution in [2.75, 3.05) is 25.0 Å². The molecule has 116 valence electrons. The van der Waals surface area contributed by atoms with Crippen LogP contribution in [0.25, 0.3) is 0 Å². The van der Waals surface area contributed by atoms with Gasteiger partial charge in [0.05, 0.1) is 0 Å². The smallest absolute Gasteiger partial charge is 0.0372 e. The van der Waals surface area contributed by atoms with Crippen molar-refractivity contribution >= 4 is 5.69 Å². The fourth-order valence-corrected chi connectivity index (χ4v) is 3.19. The average Bonchev–Trinajstić information content (AvgIpc) is 2.57. The molecule has 2 aromatic rings. The minimum absolute atomic E-state index is 0.620. The first-order valence-electron chi connectivity index (χ1n) is 8.40. The van der Waals surface area contributed by atoms with Gasteiger partial charge in [0, 0.05) is 31.4 Å². The van der Waals surface area contributed by atoms with Gasteiger partial charge in [0.25, 0.3) is 0 Å². The number of piperidine rings is 1. The van der Waals surface area contributed by atoms with E-state index in [1.807, 2.05) is 0 Å². The monoisotopic (exact) mass is 294 g/mol.